The van der Waals surface area contributed by atoms with Gasteiger partial charge in [-0.1, -0.05) is 11.3 Å². The van der Waals surface area contributed by atoms with Gasteiger partial charge in [-0.05, 0) is 0 Å². The van der Waals surface area contributed by atoms with Crippen LogP contribution in [0.1, 0.15) is 4.88 Å². The summed E-state index contributed by atoms with van der Waals surface area (Å²) < 4.78 is 5.19. The number of nitrogens with zero attached hydrogens (tertiary/aromatic N) is 3. The van der Waals surface area contributed by atoms with Crippen LogP contribution in [0.15, 0.2) is 0 Å². The molecule has 2 rings (SSSR count). The van der Waals surface area contributed by atoms with Gasteiger partial charge < -0.3 is 14.7 Å². The third-order valence-corrected chi connectivity index (χ3v) is 2.99. The van der Waals surface area contributed by atoms with E-state index in [1.165, 1.54) is 11.3 Å². The van der Waals surface area contributed by atoms with Crippen LogP contribution in [-0.2, 0) is 4.74 Å². The lowest BCUT2D eigenvalue weighted by molar-refractivity contribution is 0.122. The maximum Gasteiger partial charge on any atom is 0.242 e. The van der Waals surface area contributed by atoms with Crippen LogP contribution in [0.3, 0.4) is 0 Å². The third-order valence-electron chi connectivity index (χ3n) is 1.98. The second kappa shape index (κ2) is 3.82. The molecule has 5 nitrogen and oxygen atoms in total. The van der Waals surface area contributed by atoms with Gasteiger partial charge in [0.2, 0.25) is 5.88 Å². The number of thiazole rings is 1. The standard InChI is InChI=1S/C8H9N3O2S/c9-5-6-7(12)10-8(14-6)11-1-3-13-4-2-11/h12H,1-4H2. The first-order valence-corrected chi connectivity index (χ1v) is 5.05. The van der Waals surface area contributed by atoms with E-state index in [0.29, 0.717) is 18.3 Å². The van der Waals surface area contributed by atoms with Crippen molar-refractivity contribution in [3.05, 3.63) is 4.88 Å². The van der Waals surface area contributed by atoms with Gasteiger partial charge in [-0.2, -0.15) is 10.2 Å². The molecule has 14 heavy (non-hydrogen) atoms. The van der Waals surface area contributed by atoms with Gasteiger partial charge in [0.15, 0.2) is 10.0 Å². The Bertz CT molecular complexity index is 365. The van der Waals surface area contributed by atoms with Crippen LogP contribution < -0.4 is 4.90 Å². The van der Waals surface area contributed by atoms with Gasteiger partial charge >= 0.3 is 0 Å². The minimum absolute atomic E-state index is 0.168. The van der Waals surface area contributed by atoms with E-state index in [4.69, 9.17) is 10.00 Å². The van der Waals surface area contributed by atoms with Gasteiger partial charge in [0.05, 0.1) is 13.2 Å². The number of hydrogen-bond donors (Lipinski definition) is 1. The van der Waals surface area contributed by atoms with Crippen molar-refractivity contribution < 1.29 is 9.84 Å². The summed E-state index contributed by atoms with van der Waals surface area (Å²) in [6.07, 6.45) is 0. The van der Waals surface area contributed by atoms with Gasteiger partial charge in [0.1, 0.15) is 6.07 Å². The monoisotopic (exact) mass is 211 g/mol. The van der Waals surface area contributed by atoms with E-state index in [1.807, 2.05) is 11.0 Å². The predicted molar refractivity (Wildman–Crippen MR) is 51.5 cm³/mol. The Kier molecular flexibility index (Phi) is 2.52. The van der Waals surface area contributed by atoms with Crippen molar-refractivity contribution in [1.29, 1.82) is 5.26 Å². The van der Waals surface area contributed by atoms with Crippen molar-refractivity contribution >= 4 is 16.5 Å². The largest absolute Gasteiger partial charge is 0.492 e. The van der Waals surface area contributed by atoms with Crippen molar-refractivity contribution in [1.82, 2.24) is 4.98 Å². The Hall–Kier alpha value is -1.32. The fourth-order valence-corrected chi connectivity index (χ4v) is 2.07. The lowest BCUT2D eigenvalue weighted by Gasteiger charge is -2.25. The minimum Gasteiger partial charge on any atom is -0.492 e. The molecule has 0 unspecified atom stereocenters. The lowest BCUT2D eigenvalue weighted by Crippen LogP contribution is -2.36. The molecule has 1 fully saturated rings. The first kappa shape index (κ1) is 9.24. The van der Waals surface area contributed by atoms with Crippen molar-refractivity contribution in [2.75, 3.05) is 31.2 Å². The lowest BCUT2D eigenvalue weighted by atomic mass is 10.5. The highest BCUT2D eigenvalue weighted by atomic mass is 32.1. The summed E-state index contributed by atoms with van der Waals surface area (Å²) in [5.74, 6) is -0.168. The quantitative estimate of drug-likeness (QED) is 0.735. The zero-order chi connectivity index (χ0) is 9.97. The molecule has 0 spiro atoms. The summed E-state index contributed by atoms with van der Waals surface area (Å²) in [5, 5.41) is 18.6. The minimum atomic E-state index is -0.168. The first-order valence-electron chi connectivity index (χ1n) is 4.24. The molecule has 0 atom stereocenters. The molecule has 1 aliphatic rings. The number of aromatic nitrogens is 1. The number of anilines is 1. The number of ether oxygens (including phenoxy) is 1. The first-order chi connectivity index (χ1) is 6.81. The fraction of sp³-hybridized carbons (Fsp3) is 0.500. The number of nitriles is 1. The molecule has 0 bridgehead atoms. The molecular weight excluding hydrogens is 202 g/mol. The highest BCUT2D eigenvalue weighted by Crippen LogP contribution is 2.29. The zero-order valence-corrected chi connectivity index (χ0v) is 8.25. The molecule has 0 aliphatic carbocycles. The number of aromatic hydroxyl groups is 1. The Morgan fingerprint density at radius 1 is 1.50 bits per heavy atom. The van der Waals surface area contributed by atoms with Crippen LogP contribution in [-0.4, -0.2) is 36.4 Å². The van der Waals surface area contributed by atoms with E-state index >= 15 is 0 Å². The Labute approximate surface area is 85.2 Å². The molecule has 0 aromatic carbocycles. The molecule has 1 aliphatic heterocycles. The summed E-state index contributed by atoms with van der Waals surface area (Å²) >= 11 is 1.21. The number of morpholine rings is 1. The normalized spacial score (nSPS) is 16.6. The molecule has 0 amide bonds. The molecule has 1 saturated heterocycles. The van der Waals surface area contributed by atoms with Gasteiger partial charge in [-0.15, -0.1) is 0 Å². The van der Waals surface area contributed by atoms with E-state index in [2.05, 4.69) is 4.98 Å². The van der Waals surface area contributed by atoms with E-state index in [-0.39, 0.29) is 10.8 Å². The summed E-state index contributed by atoms with van der Waals surface area (Å²) in [7, 11) is 0. The van der Waals surface area contributed by atoms with Gasteiger partial charge in [-0.25, -0.2) is 0 Å². The number of hydrogen-bond acceptors (Lipinski definition) is 6. The Morgan fingerprint density at radius 2 is 2.21 bits per heavy atom. The number of rotatable bonds is 1. The third kappa shape index (κ3) is 1.64. The zero-order valence-electron chi connectivity index (χ0n) is 7.43. The second-order valence-electron chi connectivity index (χ2n) is 2.86. The van der Waals surface area contributed by atoms with Crippen molar-refractivity contribution in [2.24, 2.45) is 0 Å². The maximum absolute atomic E-state index is 9.28. The molecular formula is C8H9N3O2S. The van der Waals surface area contributed by atoms with E-state index in [1.54, 1.807) is 0 Å². The van der Waals surface area contributed by atoms with Crippen LogP contribution in [0.5, 0.6) is 5.88 Å². The van der Waals surface area contributed by atoms with E-state index in [0.717, 1.165) is 13.1 Å². The molecule has 1 aromatic heterocycles. The molecule has 6 heteroatoms. The molecule has 2 heterocycles. The average Bonchev–Trinajstić information content (AvgIpc) is 2.61. The van der Waals surface area contributed by atoms with Crippen LogP contribution >= 0.6 is 11.3 Å². The fourth-order valence-electron chi connectivity index (χ4n) is 1.26. The van der Waals surface area contributed by atoms with Crippen molar-refractivity contribution in [3.63, 3.8) is 0 Å². The summed E-state index contributed by atoms with van der Waals surface area (Å²) in [6, 6.07) is 1.90. The highest BCUT2D eigenvalue weighted by molar-refractivity contribution is 7.16. The van der Waals surface area contributed by atoms with Crippen molar-refractivity contribution in [2.45, 2.75) is 0 Å². The summed E-state index contributed by atoms with van der Waals surface area (Å²) in [6.45, 7) is 2.86. The molecule has 1 N–H and O–H groups in total. The highest BCUT2D eigenvalue weighted by Gasteiger charge is 2.17. The van der Waals surface area contributed by atoms with Crippen LogP contribution in [0.4, 0.5) is 5.13 Å². The SMILES string of the molecule is N#Cc1sc(N2CCOCC2)nc1O. The molecule has 0 radical (unpaired) electrons. The Morgan fingerprint density at radius 3 is 2.79 bits per heavy atom. The van der Waals surface area contributed by atoms with E-state index in [9.17, 15) is 5.11 Å². The summed E-state index contributed by atoms with van der Waals surface area (Å²) in [4.78, 5) is 6.21. The Balaban J connectivity index is 2.19. The van der Waals surface area contributed by atoms with Crippen molar-refractivity contribution in [3.8, 4) is 11.9 Å². The van der Waals surface area contributed by atoms with Gasteiger partial charge in [0.25, 0.3) is 0 Å². The maximum atomic E-state index is 9.28. The summed E-state index contributed by atoms with van der Waals surface area (Å²) in [5.41, 5.74) is 0. The van der Waals surface area contributed by atoms with Gasteiger partial charge in [-0.3, -0.25) is 0 Å². The van der Waals surface area contributed by atoms with Gasteiger partial charge in [0, 0.05) is 13.1 Å². The van der Waals surface area contributed by atoms with E-state index < -0.39 is 0 Å². The predicted octanol–water partition coefficient (Wildman–Crippen LogP) is 0.557. The van der Waals surface area contributed by atoms with Crippen LogP contribution in [0.25, 0.3) is 0 Å². The topological polar surface area (TPSA) is 69.4 Å². The van der Waals surface area contributed by atoms with Crippen LogP contribution in [0, 0.1) is 11.3 Å². The van der Waals surface area contributed by atoms with Crippen LogP contribution in [0.2, 0.25) is 0 Å². The molecule has 0 saturated carbocycles. The molecule has 74 valence electrons. The molecule has 1 aromatic rings. The smallest absolute Gasteiger partial charge is 0.242 e. The second-order valence-corrected chi connectivity index (χ2v) is 3.84. The average molecular weight is 211 g/mol.